The van der Waals surface area contributed by atoms with Gasteiger partial charge < -0.3 is 5.32 Å². The predicted octanol–water partition coefficient (Wildman–Crippen LogP) is 4.17. The van der Waals surface area contributed by atoms with Gasteiger partial charge in [0.15, 0.2) is 0 Å². The zero-order valence-electron chi connectivity index (χ0n) is 15.9. The summed E-state index contributed by atoms with van der Waals surface area (Å²) in [5.41, 5.74) is 4.16. The maximum atomic E-state index is 12.6. The number of pyridine rings is 1. The van der Waals surface area contributed by atoms with E-state index in [1.54, 1.807) is 12.3 Å². The summed E-state index contributed by atoms with van der Waals surface area (Å²) >= 11 is 1.53. The van der Waals surface area contributed by atoms with Crippen LogP contribution in [0.5, 0.6) is 0 Å². The van der Waals surface area contributed by atoms with E-state index >= 15 is 0 Å². The third-order valence-electron chi connectivity index (χ3n) is 4.16. The van der Waals surface area contributed by atoms with E-state index in [1.165, 1.54) is 22.9 Å². The van der Waals surface area contributed by atoms with Gasteiger partial charge >= 0.3 is 0 Å². The molecule has 0 radical (unpaired) electrons. The largest absolute Gasteiger partial charge is 0.352 e. The van der Waals surface area contributed by atoms with E-state index in [0.717, 1.165) is 28.5 Å². The Bertz CT molecular complexity index is 935. The number of benzene rings is 1. The quantitative estimate of drug-likeness (QED) is 0.625. The Labute approximate surface area is 164 Å². The lowest BCUT2D eigenvalue weighted by atomic mass is 10.2. The van der Waals surface area contributed by atoms with Crippen LogP contribution in [0.3, 0.4) is 0 Å². The molecule has 2 heterocycles. The van der Waals surface area contributed by atoms with E-state index in [4.69, 9.17) is 0 Å². The monoisotopic (exact) mass is 380 g/mol. The molecule has 1 amide bonds. The molecular formula is C21H24N4OS. The van der Waals surface area contributed by atoms with Gasteiger partial charge in [0.05, 0.1) is 11.8 Å². The average molecular weight is 381 g/mol. The number of aryl methyl sites for hydroxylation is 4. The number of aromatic nitrogens is 3. The van der Waals surface area contributed by atoms with Crippen molar-refractivity contribution in [3.63, 3.8) is 0 Å². The summed E-state index contributed by atoms with van der Waals surface area (Å²) in [5, 5.41) is 7.98. The molecule has 0 atom stereocenters. The van der Waals surface area contributed by atoms with E-state index in [9.17, 15) is 4.79 Å². The first-order valence-corrected chi connectivity index (χ1v) is 9.82. The SMILES string of the molecule is Cc1ccc(Sc2ncccc2C(=O)NCCCn2cc(C)cn2)c(C)c1. The number of carbonyl (C=O) groups is 1. The molecule has 0 aliphatic carbocycles. The van der Waals surface area contributed by atoms with Gasteiger partial charge in [-0.15, -0.1) is 0 Å². The van der Waals surface area contributed by atoms with Crippen LogP contribution in [-0.2, 0) is 6.54 Å². The van der Waals surface area contributed by atoms with Gasteiger partial charge in [-0.25, -0.2) is 4.98 Å². The summed E-state index contributed by atoms with van der Waals surface area (Å²) in [7, 11) is 0. The van der Waals surface area contributed by atoms with Gasteiger partial charge in [-0.2, -0.15) is 5.10 Å². The average Bonchev–Trinajstić information content (AvgIpc) is 3.06. The van der Waals surface area contributed by atoms with Gasteiger partial charge in [0.2, 0.25) is 0 Å². The standard InChI is InChI=1S/C21H24N4OS/c1-15-7-8-19(17(3)12-15)27-21-18(6-4-9-23-21)20(26)22-10-5-11-25-14-16(2)13-24-25/h4,6-9,12-14H,5,10-11H2,1-3H3,(H,22,26). The highest BCUT2D eigenvalue weighted by Crippen LogP contribution is 2.31. The highest BCUT2D eigenvalue weighted by molar-refractivity contribution is 7.99. The van der Waals surface area contributed by atoms with Crippen molar-refractivity contribution in [2.24, 2.45) is 0 Å². The minimum Gasteiger partial charge on any atom is -0.352 e. The third kappa shape index (κ3) is 5.20. The molecule has 0 unspecified atom stereocenters. The summed E-state index contributed by atoms with van der Waals surface area (Å²) in [6.07, 6.45) is 6.39. The zero-order valence-corrected chi connectivity index (χ0v) is 16.7. The van der Waals surface area contributed by atoms with E-state index in [2.05, 4.69) is 47.4 Å². The second-order valence-electron chi connectivity index (χ2n) is 6.62. The summed E-state index contributed by atoms with van der Waals surface area (Å²) in [4.78, 5) is 18.2. The Morgan fingerprint density at radius 2 is 2.04 bits per heavy atom. The van der Waals surface area contributed by atoms with Crippen LogP contribution in [0.25, 0.3) is 0 Å². The first kappa shape index (κ1) is 19.2. The van der Waals surface area contributed by atoms with Crippen LogP contribution < -0.4 is 5.32 Å². The molecule has 0 fully saturated rings. The van der Waals surface area contributed by atoms with E-state index in [-0.39, 0.29) is 5.91 Å². The second-order valence-corrected chi connectivity index (χ2v) is 7.65. The molecule has 27 heavy (non-hydrogen) atoms. The molecule has 5 nitrogen and oxygen atoms in total. The number of hydrogen-bond acceptors (Lipinski definition) is 4. The van der Waals surface area contributed by atoms with Crippen molar-refractivity contribution in [1.29, 1.82) is 0 Å². The predicted molar refractivity (Wildman–Crippen MR) is 108 cm³/mol. The molecule has 1 N–H and O–H groups in total. The molecule has 0 saturated heterocycles. The number of amides is 1. The molecule has 0 saturated carbocycles. The first-order chi connectivity index (χ1) is 13.0. The molecule has 1 aromatic carbocycles. The van der Waals surface area contributed by atoms with Crippen molar-refractivity contribution in [3.05, 3.63) is 71.2 Å². The van der Waals surface area contributed by atoms with Crippen LogP contribution in [0.15, 0.2) is 58.8 Å². The minimum absolute atomic E-state index is 0.0907. The van der Waals surface area contributed by atoms with Crippen molar-refractivity contribution in [3.8, 4) is 0 Å². The smallest absolute Gasteiger partial charge is 0.254 e. The van der Waals surface area contributed by atoms with Gasteiger partial charge in [-0.1, -0.05) is 29.5 Å². The fourth-order valence-corrected chi connectivity index (χ4v) is 3.74. The lowest BCUT2D eigenvalue weighted by Gasteiger charge is -2.11. The molecular weight excluding hydrogens is 356 g/mol. The minimum atomic E-state index is -0.0907. The molecule has 6 heteroatoms. The fraction of sp³-hybridized carbons (Fsp3) is 0.286. The summed E-state index contributed by atoms with van der Waals surface area (Å²) in [5.74, 6) is -0.0907. The summed E-state index contributed by atoms with van der Waals surface area (Å²) in [6, 6.07) is 9.92. The van der Waals surface area contributed by atoms with E-state index in [0.29, 0.717) is 12.1 Å². The van der Waals surface area contributed by atoms with Gasteiger partial charge in [-0.05, 0) is 56.5 Å². The Balaban J connectivity index is 1.61. The van der Waals surface area contributed by atoms with Crippen molar-refractivity contribution in [2.45, 2.75) is 43.7 Å². The van der Waals surface area contributed by atoms with Crippen molar-refractivity contribution < 1.29 is 4.79 Å². The maximum Gasteiger partial charge on any atom is 0.254 e. The fourth-order valence-electron chi connectivity index (χ4n) is 2.79. The summed E-state index contributed by atoms with van der Waals surface area (Å²) in [6.45, 7) is 7.55. The van der Waals surface area contributed by atoms with Crippen molar-refractivity contribution >= 4 is 17.7 Å². The number of nitrogens with one attached hydrogen (secondary N) is 1. The normalized spacial score (nSPS) is 10.8. The lowest BCUT2D eigenvalue weighted by molar-refractivity contribution is 0.0949. The number of rotatable bonds is 7. The van der Waals surface area contributed by atoms with Gasteiger partial charge in [0, 0.05) is 30.4 Å². The highest BCUT2D eigenvalue weighted by atomic mass is 32.2. The van der Waals surface area contributed by atoms with Crippen molar-refractivity contribution in [1.82, 2.24) is 20.1 Å². The van der Waals surface area contributed by atoms with Crippen LogP contribution in [0.4, 0.5) is 0 Å². The highest BCUT2D eigenvalue weighted by Gasteiger charge is 2.14. The van der Waals surface area contributed by atoms with Crippen LogP contribution in [0.1, 0.15) is 33.5 Å². The molecule has 2 aromatic heterocycles. The Hall–Kier alpha value is -2.60. The van der Waals surface area contributed by atoms with Gasteiger partial charge in [0.1, 0.15) is 5.03 Å². The molecule has 140 valence electrons. The van der Waals surface area contributed by atoms with Gasteiger partial charge in [-0.3, -0.25) is 9.48 Å². The molecule has 0 aliphatic rings. The molecule has 3 aromatic rings. The van der Waals surface area contributed by atoms with Gasteiger partial charge in [0.25, 0.3) is 5.91 Å². The second kappa shape index (κ2) is 8.86. The Kier molecular flexibility index (Phi) is 6.29. The third-order valence-corrected chi connectivity index (χ3v) is 5.36. The number of hydrogen-bond donors (Lipinski definition) is 1. The van der Waals surface area contributed by atoms with Crippen LogP contribution in [0.2, 0.25) is 0 Å². The van der Waals surface area contributed by atoms with Crippen LogP contribution in [0, 0.1) is 20.8 Å². The molecule has 0 aliphatic heterocycles. The topological polar surface area (TPSA) is 59.8 Å². The lowest BCUT2D eigenvalue weighted by Crippen LogP contribution is -2.26. The van der Waals surface area contributed by atoms with Crippen molar-refractivity contribution in [2.75, 3.05) is 6.54 Å². The van der Waals surface area contributed by atoms with E-state index in [1.807, 2.05) is 30.1 Å². The Morgan fingerprint density at radius 3 is 2.78 bits per heavy atom. The molecule has 3 rings (SSSR count). The zero-order chi connectivity index (χ0) is 19.2. The van der Waals surface area contributed by atoms with Crippen LogP contribution in [-0.4, -0.2) is 27.2 Å². The molecule has 0 spiro atoms. The molecule has 0 bridgehead atoms. The summed E-state index contributed by atoms with van der Waals surface area (Å²) < 4.78 is 1.90. The maximum absolute atomic E-state index is 12.6. The number of carbonyl (C=O) groups excluding carboxylic acids is 1. The van der Waals surface area contributed by atoms with Crippen LogP contribution >= 0.6 is 11.8 Å². The Morgan fingerprint density at radius 1 is 1.19 bits per heavy atom. The van der Waals surface area contributed by atoms with E-state index < -0.39 is 0 Å². The first-order valence-electron chi connectivity index (χ1n) is 9.00. The number of nitrogens with zero attached hydrogens (tertiary/aromatic N) is 3.